The predicted molar refractivity (Wildman–Crippen MR) is 104 cm³/mol. The van der Waals surface area contributed by atoms with Gasteiger partial charge in [-0.1, -0.05) is 18.2 Å². The number of hydrogen-bond donors (Lipinski definition) is 0. The van der Waals surface area contributed by atoms with Crippen molar-refractivity contribution in [1.82, 2.24) is 4.98 Å². The number of nitrogens with zero attached hydrogens (tertiary/aromatic N) is 3. The topological polar surface area (TPSA) is 20.6 Å². The van der Waals surface area contributed by atoms with Crippen molar-refractivity contribution < 1.29 is 22.3 Å². The van der Waals surface area contributed by atoms with E-state index in [1.165, 1.54) is 12.1 Å². The molecule has 0 aliphatic carbocycles. The predicted octanol–water partition coefficient (Wildman–Crippen LogP) is 4.64. The van der Waals surface area contributed by atoms with Crippen LogP contribution in [-0.4, -0.2) is 4.98 Å². The third-order valence-corrected chi connectivity index (χ3v) is 5.10. The summed E-state index contributed by atoms with van der Waals surface area (Å²) in [7, 11) is 1.80. The van der Waals surface area contributed by atoms with Crippen LogP contribution in [-0.2, 0) is 13.2 Å². The summed E-state index contributed by atoms with van der Waals surface area (Å²) < 4.78 is 44.7. The van der Waals surface area contributed by atoms with Crippen LogP contribution in [0.1, 0.15) is 16.8 Å². The zero-order chi connectivity index (χ0) is 20.8. The maximum Gasteiger partial charge on any atom is 0.416 e. The van der Waals surface area contributed by atoms with Gasteiger partial charge < -0.3 is 0 Å². The lowest BCUT2D eigenvalue weighted by atomic mass is 10.0. The molecule has 0 fully saturated rings. The summed E-state index contributed by atoms with van der Waals surface area (Å²) in [6, 6.07) is 15.5. The van der Waals surface area contributed by atoms with Gasteiger partial charge >= 0.3 is 12.0 Å². The molecular formula is C23H20F3N3+2. The van der Waals surface area contributed by atoms with Crippen molar-refractivity contribution in [2.24, 2.45) is 7.05 Å². The number of halogens is 3. The van der Waals surface area contributed by atoms with Crippen LogP contribution < -0.4 is 9.13 Å². The Bertz CT molecular complexity index is 1230. The quantitative estimate of drug-likeness (QED) is 0.453. The van der Waals surface area contributed by atoms with Crippen molar-refractivity contribution in [2.75, 3.05) is 0 Å². The molecule has 6 heteroatoms. The first-order valence-electron chi connectivity index (χ1n) is 9.21. The molecule has 0 aliphatic heterocycles. The van der Waals surface area contributed by atoms with Gasteiger partial charge in [-0.2, -0.15) is 17.7 Å². The third kappa shape index (κ3) is 3.46. The Morgan fingerprint density at radius 1 is 0.931 bits per heavy atom. The van der Waals surface area contributed by atoms with Crippen LogP contribution in [0.5, 0.6) is 0 Å². The Kier molecular flexibility index (Phi) is 4.57. The molecule has 0 unspecified atom stereocenters. The van der Waals surface area contributed by atoms with Crippen LogP contribution in [0.25, 0.3) is 28.0 Å². The average molecular weight is 395 g/mol. The minimum Gasteiger partial charge on any atom is -0.232 e. The first kappa shape index (κ1) is 19.1. The molecule has 0 saturated heterocycles. The number of pyridine rings is 1. The highest BCUT2D eigenvalue weighted by Crippen LogP contribution is 2.35. The lowest BCUT2D eigenvalue weighted by Gasteiger charge is -2.12. The molecule has 4 rings (SSSR count). The van der Waals surface area contributed by atoms with Crippen molar-refractivity contribution in [2.45, 2.75) is 20.0 Å². The van der Waals surface area contributed by atoms with Crippen LogP contribution in [0.15, 0.2) is 67.0 Å². The van der Waals surface area contributed by atoms with Crippen molar-refractivity contribution in [1.29, 1.82) is 0 Å². The van der Waals surface area contributed by atoms with Gasteiger partial charge in [0.2, 0.25) is 5.69 Å². The number of hydrogen-bond acceptors (Lipinski definition) is 1. The highest BCUT2D eigenvalue weighted by molar-refractivity contribution is 5.78. The van der Waals surface area contributed by atoms with Crippen molar-refractivity contribution >= 4 is 10.9 Å². The highest BCUT2D eigenvalue weighted by Gasteiger charge is 2.35. The van der Waals surface area contributed by atoms with E-state index in [4.69, 9.17) is 0 Å². The fraction of sp³-hybridized carbons (Fsp3) is 0.174. The van der Waals surface area contributed by atoms with E-state index in [0.717, 1.165) is 22.2 Å². The molecule has 0 radical (unpaired) electrons. The number of alkyl halides is 3. The van der Waals surface area contributed by atoms with Gasteiger partial charge in [0.1, 0.15) is 6.20 Å². The minimum atomic E-state index is -4.46. The van der Waals surface area contributed by atoms with E-state index in [1.54, 1.807) is 28.4 Å². The summed E-state index contributed by atoms with van der Waals surface area (Å²) in [6.45, 7) is 3.70. The number of aromatic nitrogens is 3. The van der Waals surface area contributed by atoms with Gasteiger partial charge in [-0.3, -0.25) is 0 Å². The van der Waals surface area contributed by atoms with Gasteiger partial charge in [-0.15, -0.1) is 0 Å². The summed E-state index contributed by atoms with van der Waals surface area (Å²) >= 11 is 0. The Balaban J connectivity index is 2.05. The summed E-state index contributed by atoms with van der Waals surface area (Å²) in [5.41, 5.74) is 2.57. The number of rotatable bonds is 2. The maximum absolute atomic E-state index is 13.7. The van der Waals surface area contributed by atoms with Crippen LogP contribution in [0.4, 0.5) is 13.2 Å². The van der Waals surface area contributed by atoms with Gasteiger partial charge in [-0.05, 0) is 30.1 Å². The zero-order valence-corrected chi connectivity index (χ0v) is 16.3. The summed E-state index contributed by atoms with van der Waals surface area (Å²) in [6.07, 6.45) is -0.802. The lowest BCUT2D eigenvalue weighted by Crippen LogP contribution is -2.36. The summed E-state index contributed by atoms with van der Waals surface area (Å²) in [4.78, 5) is 4.67. The minimum absolute atomic E-state index is 0.457. The highest BCUT2D eigenvalue weighted by atomic mass is 19.4. The normalized spacial score (nSPS) is 11.8. The Morgan fingerprint density at radius 3 is 2.38 bits per heavy atom. The second kappa shape index (κ2) is 6.95. The number of fused-ring (bicyclic) bond motifs is 1. The molecule has 2 aromatic carbocycles. The fourth-order valence-electron chi connectivity index (χ4n) is 3.56. The van der Waals surface area contributed by atoms with Gasteiger partial charge in [0.05, 0.1) is 23.6 Å². The van der Waals surface area contributed by atoms with E-state index in [1.807, 2.05) is 56.4 Å². The standard InChI is InChI=1S/C23H20F3N3/c1-15-8-6-7-11-29(15)21-13-18(23(24,25)26)12-19(16(21)2)22-27-20-10-5-4-9-17(20)14-28(22)3/h4-14H,1-3H3/q+2. The molecular weight excluding hydrogens is 375 g/mol. The average Bonchev–Trinajstić information content (AvgIpc) is 2.67. The van der Waals surface area contributed by atoms with Gasteiger partial charge in [0.15, 0.2) is 17.4 Å². The van der Waals surface area contributed by atoms with Gasteiger partial charge in [0, 0.05) is 30.7 Å². The summed E-state index contributed by atoms with van der Waals surface area (Å²) in [5.74, 6) is 0.489. The SMILES string of the molecule is Cc1c(-c2nc3ccccc3c[n+]2C)cc(C(F)(F)F)cc1-[n+]1ccccc1C. The van der Waals surface area contributed by atoms with Gasteiger partial charge in [-0.25, -0.2) is 4.57 Å². The van der Waals surface area contributed by atoms with E-state index in [2.05, 4.69) is 4.98 Å². The number of benzene rings is 2. The smallest absolute Gasteiger partial charge is 0.232 e. The Hall–Kier alpha value is -3.28. The van der Waals surface area contributed by atoms with Crippen molar-refractivity contribution in [3.63, 3.8) is 0 Å². The molecule has 0 saturated carbocycles. The van der Waals surface area contributed by atoms with Crippen LogP contribution in [0.3, 0.4) is 0 Å². The summed E-state index contributed by atoms with van der Waals surface area (Å²) in [5, 5.41) is 0.928. The van der Waals surface area contributed by atoms with Gasteiger partial charge in [0.25, 0.3) is 0 Å². The molecule has 2 aromatic heterocycles. The molecule has 0 bridgehead atoms. The third-order valence-electron chi connectivity index (χ3n) is 5.10. The van der Waals surface area contributed by atoms with E-state index >= 15 is 0 Å². The molecule has 0 aliphatic rings. The maximum atomic E-state index is 13.7. The van der Waals surface area contributed by atoms with Crippen LogP contribution in [0.2, 0.25) is 0 Å². The Labute approximate surface area is 166 Å². The first-order valence-corrected chi connectivity index (χ1v) is 9.21. The molecule has 2 heterocycles. The Morgan fingerprint density at radius 2 is 1.66 bits per heavy atom. The molecule has 0 spiro atoms. The molecule has 29 heavy (non-hydrogen) atoms. The first-order chi connectivity index (χ1) is 13.8. The van der Waals surface area contributed by atoms with E-state index in [0.29, 0.717) is 17.1 Å². The molecule has 146 valence electrons. The molecule has 0 amide bonds. The molecule has 0 atom stereocenters. The monoisotopic (exact) mass is 395 g/mol. The fourth-order valence-corrected chi connectivity index (χ4v) is 3.56. The second-order valence-electron chi connectivity index (χ2n) is 7.11. The van der Waals surface area contributed by atoms with E-state index in [-0.39, 0.29) is 0 Å². The van der Waals surface area contributed by atoms with E-state index < -0.39 is 11.7 Å². The second-order valence-corrected chi connectivity index (χ2v) is 7.11. The van der Waals surface area contributed by atoms with Crippen LogP contribution in [0, 0.1) is 13.8 Å². The van der Waals surface area contributed by atoms with Crippen LogP contribution >= 0.6 is 0 Å². The molecule has 0 N–H and O–H groups in total. The largest absolute Gasteiger partial charge is 0.416 e. The van der Waals surface area contributed by atoms with Crippen molar-refractivity contribution in [3.05, 3.63) is 83.8 Å². The molecule has 4 aromatic rings. The molecule has 3 nitrogen and oxygen atoms in total. The lowest BCUT2D eigenvalue weighted by molar-refractivity contribution is -0.661. The van der Waals surface area contributed by atoms with Crippen molar-refractivity contribution in [3.8, 4) is 17.1 Å². The zero-order valence-electron chi connectivity index (χ0n) is 16.3. The van der Waals surface area contributed by atoms with E-state index in [9.17, 15) is 13.2 Å². The number of aryl methyl sites for hydroxylation is 2. The number of para-hydroxylation sites is 1.